The van der Waals surface area contributed by atoms with Crippen LogP contribution >= 0.6 is 0 Å². The van der Waals surface area contributed by atoms with Gasteiger partial charge in [-0.25, -0.2) is 0 Å². The maximum atomic E-state index is 13.6. The molecular formula is C27H31F3N2O2. The first-order chi connectivity index (χ1) is 16.1. The molecule has 2 aromatic rings. The van der Waals surface area contributed by atoms with E-state index >= 15 is 0 Å². The lowest BCUT2D eigenvalue weighted by Gasteiger charge is -2.18. The Morgan fingerprint density at radius 1 is 1.18 bits per heavy atom. The summed E-state index contributed by atoms with van der Waals surface area (Å²) in [5.41, 5.74) is -0.447. The molecule has 182 valence electrons. The van der Waals surface area contributed by atoms with Crippen molar-refractivity contribution in [3.63, 3.8) is 0 Å². The molecule has 0 aliphatic heterocycles. The molecule has 0 bridgehead atoms. The van der Waals surface area contributed by atoms with Crippen LogP contribution in [-0.4, -0.2) is 11.2 Å². The van der Waals surface area contributed by atoms with Crippen molar-refractivity contribution < 1.29 is 17.9 Å². The van der Waals surface area contributed by atoms with E-state index in [0.717, 1.165) is 36.5 Å². The number of halogens is 3. The molecule has 34 heavy (non-hydrogen) atoms. The molecule has 1 aromatic carbocycles. The summed E-state index contributed by atoms with van der Waals surface area (Å²) in [5.74, 6) is 0. The number of allylic oxidation sites excluding steroid dienone is 3. The average molecular weight is 473 g/mol. The van der Waals surface area contributed by atoms with Gasteiger partial charge in [0.15, 0.2) is 0 Å². The number of hydrogen-bond acceptors (Lipinski definition) is 3. The zero-order valence-corrected chi connectivity index (χ0v) is 20.0. The van der Waals surface area contributed by atoms with E-state index in [4.69, 9.17) is 4.74 Å². The zero-order chi connectivity index (χ0) is 25.3. The number of hydrogen-bond donors (Lipinski definition) is 0. The van der Waals surface area contributed by atoms with E-state index in [9.17, 15) is 23.2 Å². The Balaban J connectivity index is 2.41. The van der Waals surface area contributed by atoms with Crippen molar-refractivity contribution in [2.24, 2.45) is 0 Å². The molecule has 0 saturated carbocycles. The summed E-state index contributed by atoms with van der Waals surface area (Å²) in [6.07, 6.45) is 1.21. The van der Waals surface area contributed by atoms with Crippen LogP contribution in [0.15, 0.2) is 53.4 Å². The average Bonchev–Trinajstić information content (AvgIpc) is 2.76. The van der Waals surface area contributed by atoms with E-state index in [0.29, 0.717) is 18.8 Å². The highest BCUT2D eigenvalue weighted by atomic mass is 19.4. The Morgan fingerprint density at radius 2 is 1.88 bits per heavy atom. The van der Waals surface area contributed by atoms with Crippen molar-refractivity contribution in [3.05, 3.63) is 86.9 Å². The van der Waals surface area contributed by atoms with Crippen LogP contribution in [0.5, 0.6) is 0 Å². The first-order valence-electron chi connectivity index (χ1n) is 11.3. The first kappa shape index (κ1) is 27.1. The Hall–Kier alpha value is -3.11. The summed E-state index contributed by atoms with van der Waals surface area (Å²) >= 11 is 0. The number of benzene rings is 1. The third-order valence-corrected chi connectivity index (χ3v) is 5.25. The maximum Gasteiger partial charge on any atom is 0.417 e. The highest BCUT2D eigenvalue weighted by molar-refractivity contribution is 5.71. The lowest BCUT2D eigenvalue weighted by atomic mass is 10.0. The molecule has 0 saturated heterocycles. The normalized spacial score (nSPS) is 11.2. The minimum Gasteiger partial charge on any atom is -0.377 e. The predicted molar refractivity (Wildman–Crippen MR) is 128 cm³/mol. The molecule has 0 N–H and O–H groups in total. The summed E-state index contributed by atoms with van der Waals surface area (Å²) in [7, 11) is 0. The van der Waals surface area contributed by atoms with E-state index in [1.807, 2.05) is 18.2 Å². The largest absolute Gasteiger partial charge is 0.417 e. The van der Waals surface area contributed by atoms with Gasteiger partial charge in [0.25, 0.3) is 5.56 Å². The van der Waals surface area contributed by atoms with Crippen molar-refractivity contribution in [2.45, 2.75) is 65.8 Å². The summed E-state index contributed by atoms with van der Waals surface area (Å²) < 4.78 is 47.7. The van der Waals surface area contributed by atoms with E-state index in [1.54, 1.807) is 26.0 Å². The molecule has 4 nitrogen and oxygen atoms in total. The van der Waals surface area contributed by atoms with Gasteiger partial charge in [0.1, 0.15) is 11.6 Å². The topological polar surface area (TPSA) is 55.0 Å². The summed E-state index contributed by atoms with van der Waals surface area (Å²) in [6.45, 7) is 10.6. The number of nitrogens with zero attached hydrogens (tertiary/aromatic N) is 2. The summed E-state index contributed by atoms with van der Waals surface area (Å²) in [5, 5.41) is 9.33. The van der Waals surface area contributed by atoms with Gasteiger partial charge in [0.05, 0.1) is 24.4 Å². The maximum absolute atomic E-state index is 13.6. The fourth-order valence-corrected chi connectivity index (χ4v) is 3.64. The molecule has 7 heteroatoms. The Morgan fingerprint density at radius 3 is 2.50 bits per heavy atom. The standard InChI is InChI=1S/C27H31F3N2O2/c1-5-6-7-8-12-34-18-22-11-9-10-21(14-22)17-32-25(20(4)13-19(2)3)15-24(27(28,29)30)23(16-31)26(32)33/h9-11,13-15H,4-8,12,17-18H2,1-3H3. The van der Waals surface area contributed by atoms with Crippen molar-refractivity contribution in [1.29, 1.82) is 5.26 Å². The number of rotatable bonds is 11. The van der Waals surface area contributed by atoms with Crippen LogP contribution in [0.25, 0.3) is 5.57 Å². The van der Waals surface area contributed by atoms with Gasteiger partial charge in [0.2, 0.25) is 0 Å². The number of pyridine rings is 1. The van der Waals surface area contributed by atoms with Crippen LogP contribution in [0, 0.1) is 11.3 Å². The number of alkyl halides is 3. The predicted octanol–water partition coefficient (Wildman–Crippen LogP) is 6.86. The monoisotopic (exact) mass is 472 g/mol. The molecular weight excluding hydrogens is 441 g/mol. The Kier molecular flexibility index (Phi) is 9.88. The van der Waals surface area contributed by atoms with Gasteiger partial charge in [0, 0.05) is 6.61 Å². The Labute approximate surface area is 199 Å². The smallest absolute Gasteiger partial charge is 0.377 e. The van der Waals surface area contributed by atoms with Crippen molar-refractivity contribution >= 4 is 5.57 Å². The van der Waals surface area contributed by atoms with Gasteiger partial charge in [-0.2, -0.15) is 18.4 Å². The van der Waals surface area contributed by atoms with E-state index < -0.39 is 22.9 Å². The second kappa shape index (κ2) is 12.4. The fraction of sp³-hybridized carbons (Fsp3) is 0.407. The fourth-order valence-electron chi connectivity index (χ4n) is 3.64. The van der Waals surface area contributed by atoms with Gasteiger partial charge >= 0.3 is 6.18 Å². The minimum atomic E-state index is -4.84. The molecule has 1 aromatic heterocycles. The highest BCUT2D eigenvalue weighted by Gasteiger charge is 2.36. The van der Waals surface area contributed by atoms with E-state index in [2.05, 4.69) is 13.5 Å². The van der Waals surface area contributed by atoms with Gasteiger partial charge in [-0.1, -0.05) is 68.7 Å². The second-order valence-electron chi connectivity index (χ2n) is 8.50. The lowest BCUT2D eigenvalue weighted by Crippen LogP contribution is -2.29. The third-order valence-electron chi connectivity index (χ3n) is 5.25. The summed E-state index contributed by atoms with van der Waals surface area (Å²) in [6, 6.07) is 9.64. The number of unbranched alkanes of at least 4 members (excludes halogenated alkanes) is 3. The molecule has 0 atom stereocenters. The van der Waals surface area contributed by atoms with Crippen molar-refractivity contribution in [2.75, 3.05) is 6.61 Å². The van der Waals surface area contributed by atoms with Gasteiger partial charge in [-0.05, 0) is 43.0 Å². The molecule has 0 aliphatic rings. The molecule has 2 rings (SSSR count). The van der Waals surface area contributed by atoms with Crippen LogP contribution in [0.1, 0.15) is 74.4 Å². The first-order valence-corrected chi connectivity index (χ1v) is 11.3. The number of ether oxygens (including phenoxy) is 1. The molecule has 0 amide bonds. The van der Waals surface area contributed by atoms with Crippen LogP contribution in [-0.2, 0) is 24.1 Å². The SMILES string of the molecule is C=C(C=C(C)C)c1cc(C(F)(F)F)c(C#N)c(=O)n1Cc1cccc(COCCCCCC)c1. The number of aromatic nitrogens is 1. The van der Waals surface area contributed by atoms with E-state index in [1.165, 1.54) is 17.1 Å². The van der Waals surface area contributed by atoms with Gasteiger partial charge in [-0.3, -0.25) is 4.79 Å². The molecule has 0 fully saturated rings. The van der Waals surface area contributed by atoms with Crippen LogP contribution < -0.4 is 5.56 Å². The molecule has 0 radical (unpaired) electrons. The summed E-state index contributed by atoms with van der Waals surface area (Å²) in [4.78, 5) is 13.0. The Bertz CT molecular complexity index is 1130. The molecule has 0 aliphatic carbocycles. The number of nitriles is 1. The molecule has 0 unspecified atom stereocenters. The lowest BCUT2D eigenvalue weighted by molar-refractivity contribution is -0.138. The second-order valence-corrected chi connectivity index (χ2v) is 8.50. The highest BCUT2D eigenvalue weighted by Crippen LogP contribution is 2.32. The molecule has 1 heterocycles. The third kappa shape index (κ3) is 7.46. The van der Waals surface area contributed by atoms with Gasteiger partial charge < -0.3 is 9.30 Å². The van der Waals surface area contributed by atoms with Crippen LogP contribution in [0.4, 0.5) is 13.2 Å². The van der Waals surface area contributed by atoms with Crippen molar-refractivity contribution in [3.8, 4) is 6.07 Å². The zero-order valence-electron chi connectivity index (χ0n) is 20.0. The van der Waals surface area contributed by atoms with Crippen LogP contribution in [0.3, 0.4) is 0 Å². The quantitative estimate of drug-likeness (QED) is 0.265. The van der Waals surface area contributed by atoms with Gasteiger partial charge in [-0.15, -0.1) is 0 Å². The molecule has 0 spiro atoms. The van der Waals surface area contributed by atoms with E-state index in [-0.39, 0.29) is 17.8 Å². The minimum absolute atomic E-state index is 0.000938. The van der Waals surface area contributed by atoms with Crippen LogP contribution in [0.2, 0.25) is 0 Å². The van der Waals surface area contributed by atoms with Crippen molar-refractivity contribution in [1.82, 2.24) is 4.57 Å².